The molecule has 0 aliphatic rings. The van der Waals surface area contributed by atoms with Crippen LogP contribution in [-0.2, 0) is 20.9 Å². The number of rotatable bonds is 5. The number of halogens is 1. The number of alkyl halides is 1. The van der Waals surface area contributed by atoms with Gasteiger partial charge in [0.05, 0.1) is 0 Å². The Hall–Kier alpha value is -1.11. The van der Waals surface area contributed by atoms with Gasteiger partial charge in [-0.1, -0.05) is 52.9 Å². The Morgan fingerprint density at radius 1 is 1.28 bits per heavy atom. The summed E-state index contributed by atoms with van der Waals surface area (Å²) in [6.45, 7) is 0.245. The Morgan fingerprint density at radius 2 is 1.89 bits per heavy atom. The smallest absolute Gasteiger partial charge is 0.319 e. The van der Waals surface area contributed by atoms with E-state index in [1.165, 1.54) is 4.90 Å². The number of ether oxygens (including phenoxy) is 1. The minimum atomic E-state index is -0.443. The van der Waals surface area contributed by atoms with Crippen LogP contribution in [-0.4, -0.2) is 34.8 Å². The number of amides is 1. The molecule has 0 aliphatic heterocycles. The lowest BCUT2D eigenvalue weighted by Gasteiger charge is -2.13. The van der Waals surface area contributed by atoms with Gasteiger partial charge in [-0.25, -0.2) is 0 Å². The lowest BCUT2D eigenvalue weighted by molar-refractivity contribution is -0.145. The highest BCUT2D eigenvalue weighted by atomic mass is 127. The summed E-state index contributed by atoms with van der Waals surface area (Å²) in [6.07, 6.45) is 0.168. The van der Waals surface area contributed by atoms with Crippen LogP contribution >= 0.6 is 22.6 Å². The average molecular weight is 361 g/mol. The van der Waals surface area contributed by atoms with Gasteiger partial charge in [-0.3, -0.25) is 9.59 Å². The predicted molar refractivity (Wildman–Crippen MR) is 77.4 cm³/mol. The molecule has 1 aromatic carbocycles. The molecule has 0 spiro atoms. The number of hydrogen-bond acceptors (Lipinski definition) is 3. The third-order valence-corrected chi connectivity index (χ3v) is 3.28. The van der Waals surface area contributed by atoms with Crippen LogP contribution in [0.2, 0.25) is 0 Å². The third kappa shape index (κ3) is 5.03. The monoisotopic (exact) mass is 361 g/mol. The second-order valence-electron chi connectivity index (χ2n) is 4.05. The van der Waals surface area contributed by atoms with Gasteiger partial charge in [0.15, 0.2) is 0 Å². The highest BCUT2D eigenvalue weighted by Crippen LogP contribution is 2.11. The van der Waals surface area contributed by atoms with Crippen molar-refractivity contribution in [1.29, 1.82) is 0 Å². The minimum Gasteiger partial charge on any atom is -0.460 e. The van der Waals surface area contributed by atoms with Gasteiger partial charge in [-0.15, -0.1) is 0 Å². The Morgan fingerprint density at radius 3 is 2.44 bits per heavy atom. The van der Waals surface area contributed by atoms with Gasteiger partial charge in [0, 0.05) is 20.5 Å². The summed E-state index contributed by atoms with van der Waals surface area (Å²) in [5.74, 6) is -0.430. The van der Waals surface area contributed by atoms with E-state index in [0.717, 1.165) is 5.56 Å². The lowest BCUT2D eigenvalue weighted by atomic mass is 10.2. The number of carbonyl (C=O) groups is 2. The van der Waals surface area contributed by atoms with E-state index in [0.29, 0.717) is 0 Å². The summed E-state index contributed by atoms with van der Waals surface area (Å²) in [4.78, 5) is 24.6. The van der Waals surface area contributed by atoms with Gasteiger partial charge in [0.25, 0.3) is 0 Å². The highest BCUT2D eigenvalue weighted by Gasteiger charge is 2.21. The molecule has 0 saturated heterocycles. The summed E-state index contributed by atoms with van der Waals surface area (Å²) >= 11 is 1.94. The van der Waals surface area contributed by atoms with E-state index >= 15 is 0 Å². The fourth-order valence-electron chi connectivity index (χ4n) is 1.24. The fraction of sp³-hybridized carbons (Fsp3) is 0.385. The molecule has 5 heteroatoms. The van der Waals surface area contributed by atoms with Crippen LogP contribution in [0.4, 0.5) is 0 Å². The van der Waals surface area contributed by atoms with Gasteiger partial charge >= 0.3 is 5.97 Å². The quantitative estimate of drug-likeness (QED) is 0.458. The summed E-state index contributed by atoms with van der Waals surface area (Å²) in [7, 11) is 3.34. The fourth-order valence-corrected chi connectivity index (χ4v) is 1.79. The number of carbonyl (C=O) groups excluding carboxylic acids is 2. The summed E-state index contributed by atoms with van der Waals surface area (Å²) < 4.78 is 4.71. The molecule has 0 radical (unpaired) electrons. The first-order chi connectivity index (χ1) is 8.50. The topological polar surface area (TPSA) is 46.6 Å². The molecule has 0 aromatic heterocycles. The summed E-state index contributed by atoms with van der Waals surface area (Å²) in [6, 6.07) is 9.46. The molecular formula is C13H16INO3. The average Bonchev–Trinajstić information content (AvgIpc) is 2.36. The van der Waals surface area contributed by atoms with E-state index in [1.54, 1.807) is 14.1 Å². The van der Waals surface area contributed by atoms with E-state index < -0.39 is 3.92 Å². The summed E-state index contributed by atoms with van der Waals surface area (Å²) in [5, 5.41) is 0. The zero-order valence-corrected chi connectivity index (χ0v) is 12.6. The number of esters is 1. The Kier molecular flexibility index (Phi) is 6.11. The van der Waals surface area contributed by atoms with Crippen molar-refractivity contribution < 1.29 is 14.3 Å². The van der Waals surface area contributed by atoms with Gasteiger partial charge in [0.2, 0.25) is 5.91 Å². The van der Waals surface area contributed by atoms with E-state index in [2.05, 4.69) is 0 Å². The predicted octanol–water partition coefficient (Wildman–Crippen LogP) is 2.01. The van der Waals surface area contributed by atoms with Crippen molar-refractivity contribution in [1.82, 2.24) is 4.90 Å². The summed E-state index contributed by atoms with van der Waals surface area (Å²) in [5.41, 5.74) is 0.938. The molecule has 0 N–H and O–H groups in total. The molecule has 1 amide bonds. The van der Waals surface area contributed by atoms with E-state index in [9.17, 15) is 9.59 Å². The zero-order valence-electron chi connectivity index (χ0n) is 10.4. The maximum absolute atomic E-state index is 11.7. The normalized spacial score (nSPS) is 11.7. The van der Waals surface area contributed by atoms with E-state index in [4.69, 9.17) is 4.74 Å². The molecule has 18 heavy (non-hydrogen) atoms. The molecule has 98 valence electrons. The van der Waals surface area contributed by atoms with Crippen LogP contribution < -0.4 is 0 Å². The second-order valence-corrected chi connectivity index (χ2v) is 5.56. The van der Waals surface area contributed by atoms with Crippen molar-refractivity contribution >= 4 is 34.5 Å². The van der Waals surface area contributed by atoms with Crippen LogP contribution in [0.25, 0.3) is 0 Å². The lowest BCUT2D eigenvalue weighted by Crippen LogP contribution is -2.28. The number of benzene rings is 1. The van der Waals surface area contributed by atoms with Crippen molar-refractivity contribution in [2.24, 2.45) is 0 Å². The minimum absolute atomic E-state index is 0.0777. The molecule has 1 atom stereocenters. The first-order valence-electron chi connectivity index (χ1n) is 5.55. The van der Waals surface area contributed by atoms with Crippen molar-refractivity contribution in [3.05, 3.63) is 35.9 Å². The van der Waals surface area contributed by atoms with Gasteiger partial charge < -0.3 is 9.64 Å². The molecule has 4 nitrogen and oxygen atoms in total. The molecule has 1 rings (SSSR count). The Bertz CT molecular complexity index is 406. The number of hydrogen-bond donors (Lipinski definition) is 0. The van der Waals surface area contributed by atoms with Crippen molar-refractivity contribution in [3.8, 4) is 0 Å². The largest absolute Gasteiger partial charge is 0.460 e. The van der Waals surface area contributed by atoms with Gasteiger partial charge in [-0.2, -0.15) is 0 Å². The molecule has 0 bridgehead atoms. The van der Waals surface area contributed by atoms with E-state index in [-0.39, 0.29) is 24.9 Å². The highest BCUT2D eigenvalue weighted by molar-refractivity contribution is 14.1. The van der Waals surface area contributed by atoms with E-state index in [1.807, 2.05) is 52.9 Å². The van der Waals surface area contributed by atoms with Gasteiger partial charge in [-0.05, 0) is 5.56 Å². The Labute approximate surface area is 120 Å². The van der Waals surface area contributed by atoms with Crippen LogP contribution in [0.1, 0.15) is 12.0 Å². The van der Waals surface area contributed by atoms with Gasteiger partial charge in [0.1, 0.15) is 10.5 Å². The molecule has 1 unspecified atom stereocenters. The zero-order chi connectivity index (χ0) is 13.5. The van der Waals surface area contributed by atoms with Crippen LogP contribution in [0.5, 0.6) is 0 Å². The first kappa shape index (κ1) is 14.9. The van der Waals surface area contributed by atoms with Crippen molar-refractivity contribution in [2.75, 3.05) is 14.1 Å². The Balaban J connectivity index is 2.39. The van der Waals surface area contributed by atoms with Crippen LogP contribution in [0, 0.1) is 0 Å². The van der Waals surface area contributed by atoms with Crippen LogP contribution in [0.3, 0.4) is 0 Å². The van der Waals surface area contributed by atoms with Crippen molar-refractivity contribution in [2.45, 2.75) is 17.0 Å². The van der Waals surface area contributed by atoms with Crippen LogP contribution in [0.15, 0.2) is 30.3 Å². The second kappa shape index (κ2) is 7.35. The SMILES string of the molecule is CN(C)C(=O)CC(I)C(=O)OCc1ccccc1. The molecule has 0 saturated carbocycles. The molecule has 1 aromatic rings. The standard InChI is InChI=1S/C13H16INO3/c1-15(2)12(16)8-11(14)13(17)18-9-10-6-4-3-5-7-10/h3-7,11H,8-9H2,1-2H3. The van der Waals surface area contributed by atoms with Crippen molar-refractivity contribution in [3.63, 3.8) is 0 Å². The molecule has 0 fully saturated rings. The number of nitrogens with zero attached hydrogens (tertiary/aromatic N) is 1. The molecule has 0 aliphatic carbocycles. The maximum atomic E-state index is 11.7. The maximum Gasteiger partial charge on any atom is 0.319 e. The third-order valence-electron chi connectivity index (χ3n) is 2.33. The first-order valence-corrected chi connectivity index (χ1v) is 6.80. The molecular weight excluding hydrogens is 345 g/mol. The molecule has 0 heterocycles.